The number of ether oxygens (including phenoxy) is 2. The highest BCUT2D eigenvalue weighted by Gasteiger charge is 2.37. The molecule has 0 radical (unpaired) electrons. The Morgan fingerprint density at radius 2 is 1.37 bits per heavy atom. The van der Waals surface area contributed by atoms with Crippen molar-refractivity contribution in [3.05, 3.63) is 82.9 Å². The highest BCUT2D eigenvalue weighted by atomic mass is 16.6. The zero-order valence-corrected chi connectivity index (χ0v) is 25.6. The van der Waals surface area contributed by atoms with Crippen LogP contribution in [-0.4, -0.2) is 72.0 Å². The van der Waals surface area contributed by atoms with Gasteiger partial charge in [0.15, 0.2) is 12.2 Å². The topological polar surface area (TPSA) is 113 Å². The van der Waals surface area contributed by atoms with Crippen molar-refractivity contribution in [1.29, 1.82) is 0 Å². The molecule has 0 saturated heterocycles. The van der Waals surface area contributed by atoms with Crippen LogP contribution in [0.1, 0.15) is 60.8 Å². The van der Waals surface area contributed by atoms with Crippen molar-refractivity contribution in [3.8, 4) is 0 Å². The first-order valence-electron chi connectivity index (χ1n) is 15.1. The molecule has 8 heteroatoms. The van der Waals surface area contributed by atoms with Crippen LogP contribution in [0.5, 0.6) is 0 Å². The minimum absolute atomic E-state index is 0.170. The molecule has 0 aromatic heterocycles. The number of carbonyl (C=O) groups excluding carboxylic acids is 1. The number of likely N-dealkylation sites (N-methyl/N-ethyl adjacent to an activating group) is 1. The summed E-state index contributed by atoms with van der Waals surface area (Å²) in [6.45, 7) is 3.95. The van der Waals surface area contributed by atoms with Crippen LogP contribution in [0, 0.1) is 13.8 Å². The van der Waals surface area contributed by atoms with Crippen LogP contribution in [0.15, 0.2) is 60.7 Å². The van der Waals surface area contributed by atoms with Gasteiger partial charge in [-0.2, -0.15) is 0 Å². The first-order valence-corrected chi connectivity index (χ1v) is 15.1. The molecule has 0 fully saturated rings. The zero-order chi connectivity index (χ0) is 31.2. The molecule has 43 heavy (non-hydrogen) atoms. The Bertz CT molecular complexity index is 1360. The van der Waals surface area contributed by atoms with Crippen molar-refractivity contribution in [2.45, 2.75) is 77.4 Å². The first kappa shape index (κ1) is 33.7. The lowest BCUT2D eigenvalue weighted by Gasteiger charge is -2.27. The summed E-state index contributed by atoms with van der Waals surface area (Å²) in [7, 11) is 1.61. The van der Waals surface area contributed by atoms with Gasteiger partial charge in [0.1, 0.15) is 6.61 Å². The number of carboxylic acids is 2. The Morgan fingerprint density at radius 3 is 2.05 bits per heavy atom. The number of amides is 1. The smallest absolute Gasteiger partial charge is 0.336 e. The lowest BCUT2D eigenvalue weighted by Crippen LogP contribution is -2.50. The average molecular weight is 592 g/mol. The van der Waals surface area contributed by atoms with E-state index in [1.807, 2.05) is 12.1 Å². The molecular weight excluding hydrogens is 546 g/mol. The quantitative estimate of drug-likeness (QED) is 0.165. The second kappa shape index (κ2) is 17.4. The Labute approximate surface area is 254 Å². The van der Waals surface area contributed by atoms with Gasteiger partial charge in [-0.1, -0.05) is 73.5 Å². The van der Waals surface area contributed by atoms with E-state index in [-0.39, 0.29) is 6.61 Å². The van der Waals surface area contributed by atoms with Gasteiger partial charge >= 0.3 is 11.9 Å². The largest absolute Gasteiger partial charge is 0.480 e. The van der Waals surface area contributed by atoms with Gasteiger partial charge in [-0.15, -0.1) is 0 Å². The number of rotatable bonds is 19. The normalized spacial score (nSPS) is 12.6. The average Bonchev–Trinajstić information content (AvgIpc) is 2.98. The highest BCUT2D eigenvalue weighted by molar-refractivity contribution is 5.88. The second-order valence-corrected chi connectivity index (χ2v) is 11.2. The number of aliphatic carboxylic acids is 2. The van der Waals surface area contributed by atoms with Gasteiger partial charge in [0.05, 0.1) is 0 Å². The number of aryl methyl sites for hydroxylation is 4. The van der Waals surface area contributed by atoms with E-state index in [1.54, 1.807) is 7.05 Å². The Hall–Kier alpha value is -3.75. The van der Waals surface area contributed by atoms with Crippen LogP contribution in [0.4, 0.5) is 0 Å². The molecule has 3 aromatic rings. The monoisotopic (exact) mass is 591 g/mol. The number of unbranched alkanes of at least 4 members (excludes halogenated alkanes) is 4. The minimum atomic E-state index is -1.71. The molecule has 1 amide bonds. The second-order valence-electron chi connectivity index (χ2n) is 11.2. The molecule has 2 atom stereocenters. The summed E-state index contributed by atoms with van der Waals surface area (Å²) < 4.78 is 10.9. The molecule has 0 saturated carbocycles. The molecule has 0 bridgehead atoms. The SMILES string of the molecule is Cc1ccc(CCCCCO[C@@H](C(=O)N(C)CCCCCc2ccc3ccccc3c2)[C@@H](OCC(=O)O)C(=O)O)cc1C. The predicted octanol–water partition coefficient (Wildman–Crippen LogP) is 5.98. The van der Waals surface area contributed by atoms with E-state index in [2.05, 4.69) is 62.4 Å². The predicted molar refractivity (Wildman–Crippen MR) is 167 cm³/mol. The van der Waals surface area contributed by atoms with Crippen LogP contribution in [0.2, 0.25) is 0 Å². The molecule has 0 heterocycles. The lowest BCUT2D eigenvalue weighted by molar-refractivity contribution is -0.175. The molecule has 0 aliphatic heterocycles. The van der Waals surface area contributed by atoms with Gasteiger partial charge in [-0.3, -0.25) is 4.79 Å². The van der Waals surface area contributed by atoms with E-state index >= 15 is 0 Å². The van der Waals surface area contributed by atoms with Crippen molar-refractivity contribution in [3.63, 3.8) is 0 Å². The maximum absolute atomic E-state index is 13.3. The lowest BCUT2D eigenvalue weighted by atomic mass is 10.0. The number of hydrogen-bond donors (Lipinski definition) is 2. The number of benzene rings is 3. The van der Waals surface area contributed by atoms with Crippen LogP contribution in [0.3, 0.4) is 0 Å². The van der Waals surface area contributed by atoms with Crippen molar-refractivity contribution in [1.82, 2.24) is 4.90 Å². The van der Waals surface area contributed by atoms with E-state index in [0.717, 1.165) is 44.9 Å². The summed E-state index contributed by atoms with van der Waals surface area (Å²) in [6, 6.07) is 21.2. The molecule has 0 aliphatic rings. The third-order valence-electron chi connectivity index (χ3n) is 7.78. The fourth-order valence-corrected chi connectivity index (χ4v) is 5.09. The van der Waals surface area contributed by atoms with E-state index in [0.29, 0.717) is 13.0 Å². The standard InChI is InChI=1S/C35H45NO7/c1-25-16-17-27(22-26(25)2)12-7-5-11-21-42-32(33(35(40)41)43-24-31(37)38)34(39)36(3)20-10-4-6-13-28-18-19-29-14-8-9-15-30(29)23-28/h8-9,14-19,22-23,32-33H,4-7,10-13,20-21,24H2,1-3H3,(H,37,38)(H,40,41)/t32-,33-/m1/s1. The minimum Gasteiger partial charge on any atom is -0.480 e. The Morgan fingerprint density at radius 1 is 0.721 bits per heavy atom. The maximum Gasteiger partial charge on any atom is 0.336 e. The first-order chi connectivity index (χ1) is 20.7. The highest BCUT2D eigenvalue weighted by Crippen LogP contribution is 2.18. The van der Waals surface area contributed by atoms with E-state index < -0.39 is 36.7 Å². The fraction of sp³-hybridized carbons (Fsp3) is 0.457. The molecule has 3 aromatic carbocycles. The zero-order valence-electron chi connectivity index (χ0n) is 25.6. The number of hydrogen-bond acceptors (Lipinski definition) is 5. The van der Waals surface area contributed by atoms with Crippen molar-refractivity contribution >= 4 is 28.6 Å². The van der Waals surface area contributed by atoms with Crippen LogP contribution in [-0.2, 0) is 36.7 Å². The summed E-state index contributed by atoms with van der Waals surface area (Å²) in [6.07, 6.45) is 3.72. The molecule has 0 spiro atoms. The van der Waals surface area contributed by atoms with E-state index in [1.165, 1.54) is 37.9 Å². The summed E-state index contributed by atoms with van der Waals surface area (Å²) in [5.41, 5.74) is 5.06. The number of carbonyl (C=O) groups is 3. The molecule has 8 nitrogen and oxygen atoms in total. The van der Waals surface area contributed by atoms with Crippen molar-refractivity contribution in [2.24, 2.45) is 0 Å². The van der Waals surface area contributed by atoms with Crippen LogP contribution < -0.4 is 0 Å². The van der Waals surface area contributed by atoms with Gasteiger partial charge in [-0.05, 0) is 85.4 Å². The summed E-state index contributed by atoms with van der Waals surface area (Å²) >= 11 is 0. The van der Waals surface area contributed by atoms with Crippen molar-refractivity contribution in [2.75, 3.05) is 26.8 Å². The van der Waals surface area contributed by atoms with Gasteiger partial charge in [0.2, 0.25) is 0 Å². The molecule has 0 unspecified atom stereocenters. The van der Waals surface area contributed by atoms with Gasteiger partial charge in [0.25, 0.3) is 5.91 Å². The Balaban J connectivity index is 1.48. The molecule has 0 aliphatic carbocycles. The number of nitrogens with zero attached hydrogens (tertiary/aromatic N) is 1. The van der Waals surface area contributed by atoms with E-state index in [4.69, 9.17) is 14.6 Å². The maximum atomic E-state index is 13.3. The number of carboxylic acid groups (broad SMARTS) is 2. The van der Waals surface area contributed by atoms with Gasteiger partial charge in [-0.25, -0.2) is 9.59 Å². The van der Waals surface area contributed by atoms with Crippen LogP contribution >= 0.6 is 0 Å². The van der Waals surface area contributed by atoms with Crippen molar-refractivity contribution < 1.29 is 34.1 Å². The molecule has 3 rings (SSSR count). The summed E-state index contributed by atoms with van der Waals surface area (Å²) in [5, 5.41) is 21.2. The molecule has 232 valence electrons. The Kier molecular flexibility index (Phi) is 13.6. The van der Waals surface area contributed by atoms with Crippen LogP contribution in [0.25, 0.3) is 10.8 Å². The third kappa shape index (κ3) is 11.1. The molecule has 2 N–H and O–H groups in total. The number of fused-ring (bicyclic) bond motifs is 1. The van der Waals surface area contributed by atoms with E-state index in [9.17, 15) is 19.5 Å². The summed E-state index contributed by atoms with van der Waals surface area (Å²) in [4.78, 5) is 37.8. The molecular formula is C35H45NO7. The fourth-order valence-electron chi connectivity index (χ4n) is 5.09. The van der Waals surface area contributed by atoms with Gasteiger partial charge in [0, 0.05) is 20.2 Å². The van der Waals surface area contributed by atoms with Gasteiger partial charge < -0.3 is 24.6 Å². The summed E-state index contributed by atoms with van der Waals surface area (Å²) in [5.74, 6) is -3.27. The third-order valence-corrected chi connectivity index (χ3v) is 7.78.